The van der Waals surface area contributed by atoms with E-state index in [1.807, 2.05) is 6.07 Å². The van der Waals surface area contributed by atoms with Crippen molar-refractivity contribution >= 4 is 21.6 Å². The van der Waals surface area contributed by atoms with Gasteiger partial charge in [0.15, 0.2) is 0 Å². The fourth-order valence-electron chi connectivity index (χ4n) is 2.10. The highest BCUT2D eigenvalue weighted by atomic mass is 32.1. The molecular weight excluding hydrogens is 211 g/mol. The van der Waals surface area contributed by atoms with Crippen molar-refractivity contribution in [2.45, 2.75) is 5.92 Å². The van der Waals surface area contributed by atoms with Crippen molar-refractivity contribution in [3.05, 3.63) is 29.7 Å². The lowest BCUT2D eigenvalue weighted by atomic mass is 9.95. The molecule has 0 spiro atoms. The smallest absolute Gasteiger partial charge is 0.124 e. The molecule has 2 nitrogen and oxygen atoms in total. The fraction of sp³-hybridized carbons (Fsp3) is 0.364. The van der Waals surface area contributed by atoms with Crippen molar-refractivity contribution < 1.29 is 4.39 Å². The number of hydrogen-bond acceptors (Lipinski definition) is 3. The normalized spacial score (nSPS) is 18.3. The van der Waals surface area contributed by atoms with Gasteiger partial charge in [-0.15, -0.1) is 0 Å². The predicted molar refractivity (Wildman–Crippen MR) is 59.8 cm³/mol. The van der Waals surface area contributed by atoms with E-state index in [2.05, 4.69) is 16.3 Å². The molecular formula is C11H11FN2S. The first-order chi connectivity index (χ1) is 7.24. The van der Waals surface area contributed by atoms with Crippen molar-refractivity contribution in [1.29, 1.82) is 0 Å². The summed E-state index contributed by atoms with van der Waals surface area (Å²) in [5.41, 5.74) is 1.15. The number of benzene rings is 1. The molecule has 0 saturated carbocycles. The van der Waals surface area contributed by atoms with Crippen LogP contribution in [0.5, 0.6) is 0 Å². The molecule has 0 aliphatic carbocycles. The standard InChI is InChI=1S/C11H11FN2S/c1-14-5-7(6-14)11-9-3-2-8(12)4-10(9)15-13-11/h2-4,7H,5-6H2,1H3. The third-order valence-electron chi connectivity index (χ3n) is 2.91. The predicted octanol–water partition coefficient (Wildman–Crippen LogP) is 2.46. The zero-order valence-electron chi connectivity index (χ0n) is 8.40. The summed E-state index contributed by atoms with van der Waals surface area (Å²) < 4.78 is 18.4. The Kier molecular flexibility index (Phi) is 2.00. The highest BCUT2D eigenvalue weighted by molar-refractivity contribution is 7.13. The van der Waals surface area contributed by atoms with Gasteiger partial charge in [0.1, 0.15) is 5.82 Å². The first kappa shape index (κ1) is 9.24. The molecule has 1 aliphatic rings. The second-order valence-corrected chi connectivity index (χ2v) is 4.93. The average Bonchev–Trinajstić information content (AvgIpc) is 2.55. The van der Waals surface area contributed by atoms with Gasteiger partial charge in [0.05, 0.1) is 10.4 Å². The van der Waals surface area contributed by atoms with Crippen LogP contribution < -0.4 is 0 Å². The van der Waals surface area contributed by atoms with Gasteiger partial charge in [-0.1, -0.05) is 0 Å². The second kappa shape index (κ2) is 3.25. The Morgan fingerprint density at radius 1 is 1.47 bits per heavy atom. The van der Waals surface area contributed by atoms with Crippen LogP contribution in [0.1, 0.15) is 11.6 Å². The molecule has 0 bridgehead atoms. The number of hydrogen-bond donors (Lipinski definition) is 0. The number of nitrogens with zero attached hydrogens (tertiary/aromatic N) is 2. The number of aromatic nitrogens is 1. The SMILES string of the molecule is CN1CC(c2nsc3cc(F)ccc23)C1. The lowest BCUT2D eigenvalue weighted by Crippen LogP contribution is -2.41. The van der Waals surface area contributed by atoms with Crippen LogP contribution in [0.2, 0.25) is 0 Å². The maximum atomic E-state index is 13.0. The van der Waals surface area contributed by atoms with Crippen LogP contribution in [0.3, 0.4) is 0 Å². The maximum Gasteiger partial charge on any atom is 0.124 e. The lowest BCUT2D eigenvalue weighted by molar-refractivity contribution is 0.188. The van der Waals surface area contributed by atoms with E-state index in [0.717, 1.165) is 28.9 Å². The summed E-state index contributed by atoms with van der Waals surface area (Å²) in [4.78, 5) is 2.26. The third-order valence-corrected chi connectivity index (χ3v) is 3.74. The van der Waals surface area contributed by atoms with Gasteiger partial charge in [-0.25, -0.2) is 4.39 Å². The van der Waals surface area contributed by atoms with Crippen LogP contribution >= 0.6 is 11.5 Å². The molecule has 0 amide bonds. The van der Waals surface area contributed by atoms with Crippen molar-refractivity contribution in [3.63, 3.8) is 0 Å². The van der Waals surface area contributed by atoms with E-state index in [9.17, 15) is 4.39 Å². The molecule has 2 aromatic rings. The maximum absolute atomic E-state index is 13.0. The number of fused-ring (bicyclic) bond motifs is 1. The highest BCUT2D eigenvalue weighted by Crippen LogP contribution is 2.33. The topological polar surface area (TPSA) is 16.1 Å². The largest absolute Gasteiger partial charge is 0.305 e. The summed E-state index contributed by atoms with van der Waals surface area (Å²) in [5.74, 6) is 0.359. The van der Waals surface area contributed by atoms with E-state index in [0.29, 0.717) is 5.92 Å². The second-order valence-electron chi connectivity index (χ2n) is 4.13. The first-order valence-corrected chi connectivity index (χ1v) is 5.75. The fourth-order valence-corrected chi connectivity index (χ4v) is 2.98. The van der Waals surface area contributed by atoms with Crippen LogP contribution in [0.15, 0.2) is 18.2 Å². The van der Waals surface area contributed by atoms with Crippen LogP contribution in [0.4, 0.5) is 4.39 Å². The third kappa shape index (κ3) is 1.44. The molecule has 0 atom stereocenters. The Bertz CT molecular complexity index is 502. The van der Waals surface area contributed by atoms with E-state index in [4.69, 9.17) is 0 Å². The Balaban J connectivity index is 2.05. The number of likely N-dealkylation sites (tertiary alicyclic amines) is 1. The zero-order chi connectivity index (χ0) is 10.4. The molecule has 0 unspecified atom stereocenters. The average molecular weight is 222 g/mol. The van der Waals surface area contributed by atoms with Gasteiger partial charge in [0.2, 0.25) is 0 Å². The molecule has 0 radical (unpaired) electrons. The van der Waals surface area contributed by atoms with Crippen molar-refractivity contribution in [2.24, 2.45) is 0 Å². The monoisotopic (exact) mass is 222 g/mol. The minimum Gasteiger partial charge on any atom is -0.305 e. The number of likely N-dealkylation sites (N-methyl/N-ethyl adjacent to an activating group) is 1. The summed E-state index contributed by atoms with van der Waals surface area (Å²) in [6.07, 6.45) is 0. The van der Waals surface area contributed by atoms with E-state index in [1.54, 1.807) is 6.07 Å². The van der Waals surface area contributed by atoms with Gasteiger partial charge >= 0.3 is 0 Å². The molecule has 1 fully saturated rings. The number of rotatable bonds is 1. The molecule has 1 saturated heterocycles. The summed E-state index contributed by atoms with van der Waals surface area (Å²) in [5, 5.41) is 1.12. The molecule has 1 aromatic heterocycles. The molecule has 2 heterocycles. The molecule has 3 rings (SSSR count). The highest BCUT2D eigenvalue weighted by Gasteiger charge is 2.28. The molecule has 15 heavy (non-hydrogen) atoms. The molecule has 78 valence electrons. The van der Waals surface area contributed by atoms with Crippen LogP contribution in [-0.4, -0.2) is 29.4 Å². The van der Waals surface area contributed by atoms with E-state index < -0.39 is 0 Å². The van der Waals surface area contributed by atoms with Crippen molar-refractivity contribution in [1.82, 2.24) is 9.27 Å². The first-order valence-electron chi connectivity index (χ1n) is 4.97. The summed E-state index contributed by atoms with van der Waals surface area (Å²) in [7, 11) is 2.10. The van der Waals surface area contributed by atoms with Crippen molar-refractivity contribution in [3.8, 4) is 0 Å². The van der Waals surface area contributed by atoms with Crippen LogP contribution in [0.25, 0.3) is 10.1 Å². The number of halogens is 1. The van der Waals surface area contributed by atoms with Gasteiger partial charge in [-0.2, -0.15) is 4.37 Å². The quantitative estimate of drug-likeness (QED) is 0.737. The minimum atomic E-state index is -0.177. The van der Waals surface area contributed by atoms with Gasteiger partial charge < -0.3 is 4.90 Å². The Morgan fingerprint density at radius 2 is 2.27 bits per heavy atom. The summed E-state index contributed by atoms with van der Waals surface area (Å²) >= 11 is 1.40. The summed E-state index contributed by atoms with van der Waals surface area (Å²) in [6.45, 7) is 2.13. The van der Waals surface area contributed by atoms with Gasteiger partial charge in [0, 0.05) is 24.4 Å². The minimum absolute atomic E-state index is 0.177. The zero-order valence-corrected chi connectivity index (χ0v) is 9.22. The molecule has 1 aliphatic heterocycles. The van der Waals surface area contributed by atoms with Gasteiger partial charge in [-0.3, -0.25) is 0 Å². The summed E-state index contributed by atoms with van der Waals surface area (Å²) in [6, 6.07) is 4.93. The Morgan fingerprint density at radius 3 is 3.00 bits per heavy atom. The Labute approximate surface area is 91.5 Å². The van der Waals surface area contributed by atoms with Crippen molar-refractivity contribution in [2.75, 3.05) is 20.1 Å². The van der Waals surface area contributed by atoms with Gasteiger partial charge in [-0.05, 0) is 36.8 Å². The van der Waals surface area contributed by atoms with E-state index >= 15 is 0 Å². The van der Waals surface area contributed by atoms with E-state index in [-0.39, 0.29) is 5.82 Å². The van der Waals surface area contributed by atoms with E-state index in [1.165, 1.54) is 17.6 Å². The molecule has 4 heteroatoms. The lowest BCUT2D eigenvalue weighted by Gasteiger charge is -2.35. The van der Waals surface area contributed by atoms with Gasteiger partial charge in [0.25, 0.3) is 0 Å². The molecule has 1 aromatic carbocycles. The van der Waals surface area contributed by atoms with Crippen LogP contribution in [-0.2, 0) is 0 Å². The van der Waals surface area contributed by atoms with Crippen LogP contribution in [0, 0.1) is 5.82 Å². The molecule has 0 N–H and O–H groups in total. The Hall–Kier alpha value is -1.00.